The van der Waals surface area contributed by atoms with E-state index in [-0.39, 0.29) is 5.54 Å². The van der Waals surface area contributed by atoms with Gasteiger partial charge in [-0.15, -0.1) is 0 Å². The molecule has 0 atom stereocenters. The van der Waals surface area contributed by atoms with Crippen molar-refractivity contribution in [1.29, 1.82) is 0 Å². The molecule has 1 fully saturated rings. The highest BCUT2D eigenvalue weighted by molar-refractivity contribution is 5.81. The van der Waals surface area contributed by atoms with Gasteiger partial charge in [-0.25, -0.2) is 0 Å². The summed E-state index contributed by atoms with van der Waals surface area (Å²) in [6.07, 6.45) is 9.21. The second-order valence-corrected chi connectivity index (χ2v) is 5.31. The molecule has 4 nitrogen and oxygen atoms in total. The molecule has 0 unspecified atom stereocenters. The standard InChI is InChI=1S/C13H25N3O/c1-17-10-9-16-12(14)15-11-13(16)7-5-3-2-4-6-8-13/h2-11H2,1H3,(H2,14,15). The largest absolute Gasteiger partial charge is 0.383 e. The molecule has 0 radical (unpaired) electrons. The molecule has 98 valence electrons. The number of aliphatic imine (C=N–C) groups is 1. The van der Waals surface area contributed by atoms with Gasteiger partial charge >= 0.3 is 0 Å². The summed E-state index contributed by atoms with van der Waals surface area (Å²) in [7, 11) is 1.74. The SMILES string of the molecule is COCCN1C(N)=NCC12CCCCCCC2. The monoisotopic (exact) mass is 239 g/mol. The molecule has 0 amide bonds. The van der Waals surface area contributed by atoms with Crippen LogP contribution in [0.1, 0.15) is 44.9 Å². The summed E-state index contributed by atoms with van der Waals surface area (Å²) < 4.78 is 5.19. The number of hydrogen-bond acceptors (Lipinski definition) is 4. The van der Waals surface area contributed by atoms with E-state index in [1.807, 2.05) is 0 Å². The second-order valence-electron chi connectivity index (χ2n) is 5.31. The highest BCUT2D eigenvalue weighted by Crippen LogP contribution is 2.34. The van der Waals surface area contributed by atoms with Gasteiger partial charge in [-0.1, -0.05) is 32.1 Å². The summed E-state index contributed by atoms with van der Waals surface area (Å²) in [5, 5.41) is 0. The van der Waals surface area contributed by atoms with Crippen LogP contribution in [0.4, 0.5) is 0 Å². The van der Waals surface area contributed by atoms with Crippen LogP contribution in [0.5, 0.6) is 0 Å². The summed E-state index contributed by atoms with van der Waals surface area (Å²) in [5.74, 6) is 0.725. The van der Waals surface area contributed by atoms with E-state index in [9.17, 15) is 0 Å². The third-order valence-corrected chi connectivity index (χ3v) is 4.19. The maximum Gasteiger partial charge on any atom is 0.191 e. The van der Waals surface area contributed by atoms with Gasteiger partial charge in [-0.3, -0.25) is 4.99 Å². The fourth-order valence-corrected chi connectivity index (χ4v) is 3.17. The highest BCUT2D eigenvalue weighted by Gasteiger charge is 2.41. The predicted molar refractivity (Wildman–Crippen MR) is 70.1 cm³/mol. The van der Waals surface area contributed by atoms with Gasteiger partial charge in [-0.2, -0.15) is 0 Å². The number of nitrogens with two attached hydrogens (primary N) is 1. The van der Waals surface area contributed by atoms with Gasteiger partial charge in [0.15, 0.2) is 5.96 Å². The minimum Gasteiger partial charge on any atom is -0.383 e. The molecular formula is C13H25N3O. The third kappa shape index (κ3) is 2.73. The predicted octanol–water partition coefficient (Wildman–Crippen LogP) is 1.75. The highest BCUT2D eigenvalue weighted by atomic mass is 16.5. The first-order valence-electron chi connectivity index (χ1n) is 6.85. The summed E-state index contributed by atoms with van der Waals surface area (Å²) in [6.45, 7) is 2.51. The van der Waals surface area contributed by atoms with Gasteiger partial charge in [0.25, 0.3) is 0 Å². The van der Waals surface area contributed by atoms with Crippen molar-refractivity contribution in [2.75, 3.05) is 26.8 Å². The molecule has 4 heteroatoms. The van der Waals surface area contributed by atoms with Crippen molar-refractivity contribution in [3.63, 3.8) is 0 Å². The lowest BCUT2D eigenvalue weighted by Gasteiger charge is -2.40. The normalized spacial score (nSPS) is 24.5. The lowest BCUT2D eigenvalue weighted by molar-refractivity contribution is 0.109. The Morgan fingerprint density at radius 1 is 1.24 bits per heavy atom. The molecule has 0 aromatic heterocycles. The second kappa shape index (κ2) is 5.71. The fraction of sp³-hybridized carbons (Fsp3) is 0.923. The first-order valence-corrected chi connectivity index (χ1v) is 6.85. The van der Waals surface area contributed by atoms with Gasteiger partial charge < -0.3 is 15.4 Å². The van der Waals surface area contributed by atoms with E-state index in [2.05, 4.69) is 9.89 Å². The number of methoxy groups -OCH3 is 1. The summed E-state index contributed by atoms with van der Waals surface area (Å²) in [4.78, 5) is 6.79. The van der Waals surface area contributed by atoms with Gasteiger partial charge in [0.1, 0.15) is 0 Å². The Morgan fingerprint density at radius 3 is 2.53 bits per heavy atom. The first kappa shape index (κ1) is 12.7. The van der Waals surface area contributed by atoms with E-state index in [0.29, 0.717) is 0 Å². The smallest absolute Gasteiger partial charge is 0.191 e. The zero-order valence-electron chi connectivity index (χ0n) is 11.0. The van der Waals surface area contributed by atoms with E-state index in [1.165, 1.54) is 44.9 Å². The Kier molecular flexibility index (Phi) is 4.26. The maximum atomic E-state index is 6.04. The molecule has 1 saturated carbocycles. The van der Waals surface area contributed by atoms with Crippen LogP contribution in [0.25, 0.3) is 0 Å². The van der Waals surface area contributed by atoms with Crippen LogP contribution >= 0.6 is 0 Å². The van der Waals surface area contributed by atoms with E-state index in [0.717, 1.165) is 25.7 Å². The lowest BCUT2D eigenvalue weighted by atomic mass is 9.83. The molecule has 1 aliphatic heterocycles. The van der Waals surface area contributed by atoms with Gasteiger partial charge in [-0.05, 0) is 12.8 Å². The molecule has 2 aliphatic rings. The Morgan fingerprint density at radius 2 is 1.88 bits per heavy atom. The van der Waals surface area contributed by atoms with Crippen molar-refractivity contribution in [2.45, 2.75) is 50.5 Å². The average Bonchev–Trinajstić information content (AvgIpc) is 2.60. The van der Waals surface area contributed by atoms with E-state index in [4.69, 9.17) is 10.5 Å². The third-order valence-electron chi connectivity index (χ3n) is 4.19. The van der Waals surface area contributed by atoms with Crippen molar-refractivity contribution in [2.24, 2.45) is 10.7 Å². The zero-order valence-corrected chi connectivity index (χ0v) is 11.0. The Balaban J connectivity index is 2.04. The van der Waals surface area contributed by atoms with E-state index in [1.54, 1.807) is 7.11 Å². The Hall–Kier alpha value is -0.770. The number of rotatable bonds is 3. The molecule has 0 aromatic carbocycles. The lowest BCUT2D eigenvalue weighted by Crippen LogP contribution is -2.53. The quantitative estimate of drug-likeness (QED) is 0.816. The molecule has 1 heterocycles. The molecule has 2 rings (SSSR count). The number of nitrogens with zero attached hydrogens (tertiary/aromatic N) is 2. The van der Waals surface area contributed by atoms with Gasteiger partial charge in [0, 0.05) is 13.7 Å². The topological polar surface area (TPSA) is 50.9 Å². The fourth-order valence-electron chi connectivity index (χ4n) is 3.17. The van der Waals surface area contributed by atoms with Crippen LogP contribution < -0.4 is 5.73 Å². The van der Waals surface area contributed by atoms with Crippen LogP contribution in [0.3, 0.4) is 0 Å². The van der Waals surface area contributed by atoms with Crippen molar-refractivity contribution >= 4 is 5.96 Å². The maximum absolute atomic E-state index is 6.04. The number of ether oxygens (including phenoxy) is 1. The molecule has 2 N–H and O–H groups in total. The molecule has 0 aromatic rings. The summed E-state index contributed by atoms with van der Waals surface area (Å²) >= 11 is 0. The van der Waals surface area contributed by atoms with Crippen molar-refractivity contribution in [3.05, 3.63) is 0 Å². The summed E-state index contributed by atoms with van der Waals surface area (Å²) in [6, 6.07) is 0. The molecule has 0 saturated heterocycles. The molecule has 17 heavy (non-hydrogen) atoms. The Bertz CT molecular complexity index is 270. The van der Waals surface area contributed by atoms with Gasteiger partial charge in [0.05, 0.1) is 18.7 Å². The van der Waals surface area contributed by atoms with E-state index >= 15 is 0 Å². The van der Waals surface area contributed by atoms with Crippen LogP contribution in [0.2, 0.25) is 0 Å². The molecule has 0 bridgehead atoms. The number of hydrogen-bond donors (Lipinski definition) is 1. The Labute approximate surface area is 104 Å². The van der Waals surface area contributed by atoms with Crippen LogP contribution in [-0.4, -0.2) is 43.2 Å². The molecule has 1 spiro atoms. The molecule has 1 aliphatic carbocycles. The molecular weight excluding hydrogens is 214 g/mol. The van der Waals surface area contributed by atoms with Crippen LogP contribution in [0.15, 0.2) is 4.99 Å². The minimum absolute atomic E-state index is 0.211. The summed E-state index contributed by atoms with van der Waals surface area (Å²) in [5.41, 5.74) is 6.25. The van der Waals surface area contributed by atoms with E-state index < -0.39 is 0 Å². The average molecular weight is 239 g/mol. The van der Waals surface area contributed by atoms with Crippen molar-refractivity contribution in [1.82, 2.24) is 4.90 Å². The van der Waals surface area contributed by atoms with Gasteiger partial charge in [0.2, 0.25) is 0 Å². The van der Waals surface area contributed by atoms with Crippen molar-refractivity contribution in [3.8, 4) is 0 Å². The first-order chi connectivity index (χ1) is 8.28. The van der Waals surface area contributed by atoms with Crippen molar-refractivity contribution < 1.29 is 4.74 Å². The minimum atomic E-state index is 0.211. The van der Waals surface area contributed by atoms with Crippen LogP contribution in [-0.2, 0) is 4.74 Å². The van der Waals surface area contributed by atoms with Crippen LogP contribution in [0, 0.1) is 0 Å². The number of guanidine groups is 1. The zero-order chi connectivity index (χ0) is 12.1.